The SMILES string of the molecule is CC(C)[C@@H](NC(=O)C1CCCCC1)C(=O)N[C@@H](C)c1ccc(S(C)(=O)=O)cc1. The number of amides is 2. The third kappa shape index (κ3) is 6.06. The molecule has 0 aromatic heterocycles. The molecule has 28 heavy (non-hydrogen) atoms. The monoisotopic (exact) mass is 408 g/mol. The summed E-state index contributed by atoms with van der Waals surface area (Å²) in [5, 5.41) is 5.88. The molecule has 1 aliphatic rings. The topological polar surface area (TPSA) is 92.3 Å². The number of benzene rings is 1. The number of rotatable bonds is 7. The van der Waals surface area contributed by atoms with E-state index in [4.69, 9.17) is 0 Å². The van der Waals surface area contributed by atoms with E-state index in [1.54, 1.807) is 12.1 Å². The second-order valence-corrected chi connectivity index (χ2v) is 10.2. The molecule has 2 atom stereocenters. The Labute approximate surface area is 168 Å². The molecule has 2 rings (SSSR count). The van der Waals surface area contributed by atoms with E-state index in [-0.39, 0.29) is 34.6 Å². The zero-order chi connectivity index (χ0) is 20.9. The Balaban J connectivity index is 2.01. The van der Waals surface area contributed by atoms with Crippen LogP contribution in [-0.4, -0.2) is 32.5 Å². The summed E-state index contributed by atoms with van der Waals surface area (Å²) >= 11 is 0. The van der Waals surface area contributed by atoms with Crippen LogP contribution in [0.5, 0.6) is 0 Å². The van der Waals surface area contributed by atoms with E-state index in [0.29, 0.717) is 0 Å². The van der Waals surface area contributed by atoms with Gasteiger partial charge in [-0.3, -0.25) is 9.59 Å². The van der Waals surface area contributed by atoms with Crippen LogP contribution in [0.2, 0.25) is 0 Å². The lowest BCUT2D eigenvalue weighted by Gasteiger charge is -2.27. The lowest BCUT2D eigenvalue weighted by Crippen LogP contribution is -2.51. The molecule has 1 fully saturated rings. The fourth-order valence-corrected chi connectivity index (χ4v) is 4.19. The number of sulfone groups is 1. The quantitative estimate of drug-likeness (QED) is 0.725. The Morgan fingerprint density at radius 1 is 0.964 bits per heavy atom. The molecule has 0 bridgehead atoms. The number of carbonyl (C=O) groups is 2. The predicted octanol–water partition coefficient (Wildman–Crippen LogP) is 2.99. The minimum atomic E-state index is -3.25. The minimum Gasteiger partial charge on any atom is -0.348 e. The molecule has 0 unspecified atom stereocenters. The zero-order valence-corrected chi connectivity index (χ0v) is 18.0. The fourth-order valence-electron chi connectivity index (χ4n) is 3.56. The lowest BCUT2D eigenvalue weighted by molar-refractivity contribution is -0.133. The highest BCUT2D eigenvalue weighted by atomic mass is 32.2. The molecule has 0 saturated heterocycles. The molecule has 7 heteroatoms. The van der Waals surface area contributed by atoms with E-state index < -0.39 is 15.9 Å². The van der Waals surface area contributed by atoms with Crippen molar-refractivity contribution in [3.8, 4) is 0 Å². The largest absolute Gasteiger partial charge is 0.348 e. The molecule has 0 aliphatic heterocycles. The van der Waals surface area contributed by atoms with Gasteiger partial charge in [0.15, 0.2) is 9.84 Å². The molecule has 0 spiro atoms. The molecule has 0 radical (unpaired) electrons. The van der Waals surface area contributed by atoms with Gasteiger partial charge in [-0.1, -0.05) is 45.2 Å². The van der Waals surface area contributed by atoms with Crippen LogP contribution in [-0.2, 0) is 19.4 Å². The van der Waals surface area contributed by atoms with Crippen LogP contribution < -0.4 is 10.6 Å². The molecule has 1 aromatic rings. The third-order valence-electron chi connectivity index (χ3n) is 5.39. The molecule has 1 aromatic carbocycles. The first-order valence-electron chi connectivity index (χ1n) is 10.0. The third-order valence-corrected chi connectivity index (χ3v) is 6.52. The van der Waals surface area contributed by atoms with E-state index in [0.717, 1.165) is 37.5 Å². The van der Waals surface area contributed by atoms with Crippen molar-refractivity contribution in [3.05, 3.63) is 29.8 Å². The van der Waals surface area contributed by atoms with Gasteiger partial charge in [0.05, 0.1) is 10.9 Å². The van der Waals surface area contributed by atoms with Gasteiger partial charge in [-0.2, -0.15) is 0 Å². The Morgan fingerprint density at radius 3 is 2.04 bits per heavy atom. The highest BCUT2D eigenvalue weighted by Gasteiger charge is 2.29. The van der Waals surface area contributed by atoms with E-state index in [1.807, 2.05) is 20.8 Å². The number of hydrogen-bond acceptors (Lipinski definition) is 4. The van der Waals surface area contributed by atoms with Crippen LogP contribution in [0, 0.1) is 11.8 Å². The van der Waals surface area contributed by atoms with Gasteiger partial charge in [-0.05, 0) is 43.4 Å². The molecule has 2 N–H and O–H groups in total. The average molecular weight is 409 g/mol. The van der Waals surface area contributed by atoms with Gasteiger partial charge in [-0.25, -0.2) is 8.42 Å². The first-order chi connectivity index (χ1) is 13.1. The standard InChI is InChI=1S/C21H32N2O4S/c1-14(2)19(23-20(24)17-8-6-5-7-9-17)21(25)22-15(3)16-10-12-18(13-11-16)28(4,26)27/h10-15,17,19H,5-9H2,1-4H3,(H,22,25)(H,23,24)/t15-,19+/m0/s1. The van der Waals surface area contributed by atoms with E-state index in [2.05, 4.69) is 10.6 Å². The van der Waals surface area contributed by atoms with Crippen LogP contribution >= 0.6 is 0 Å². The van der Waals surface area contributed by atoms with Crippen LogP contribution in [0.4, 0.5) is 0 Å². The smallest absolute Gasteiger partial charge is 0.243 e. The maximum absolute atomic E-state index is 12.8. The second-order valence-electron chi connectivity index (χ2n) is 8.14. The summed E-state index contributed by atoms with van der Waals surface area (Å²) < 4.78 is 23.2. The van der Waals surface area contributed by atoms with Gasteiger partial charge in [0, 0.05) is 12.2 Å². The first kappa shape index (κ1) is 22.4. The Hall–Kier alpha value is -1.89. The van der Waals surface area contributed by atoms with Gasteiger partial charge >= 0.3 is 0 Å². The van der Waals surface area contributed by atoms with E-state index in [9.17, 15) is 18.0 Å². The van der Waals surface area contributed by atoms with Crippen LogP contribution in [0.1, 0.15) is 64.5 Å². The number of nitrogens with one attached hydrogen (secondary N) is 2. The summed E-state index contributed by atoms with van der Waals surface area (Å²) in [4.78, 5) is 25.6. The normalized spacial score (nSPS) is 17.8. The summed E-state index contributed by atoms with van der Waals surface area (Å²) in [6.07, 6.45) is 6.25. The number of carbonyl (C=O) groups excluding carboxylic acids is 2. The minimum absolute atomic E-state index is 0.00348. The molecule has 6 nitrogen and oxygen atoms in total. The van der Waals surface area contributed by atoms with Crippen molar-refractivity contribution < 1.29 is 18.0 Å². The number of hydrogen-bond donors (Lipinski definition) is 2. The highest BCUT2D eigenvalue weighted by molar-refractivity contribution is 7.90. The van der Waals surface area contributed by atoms with Crippen molar-refractivity contribution in [3.63, 3.8) is 0 Å². The molecule has 1 aliphatic carbocycles. The Kier molecular flexibility index (Phi) is 7.63. The highest BCUT2D eigenvalue weighted by Crippen LogP contribution is 2.24. The van der Waals surface area contributed by atoms with Gasteiger partial charge < -0.3 is 10.6 Å². The Bertz CT molecular complexity index is 781. The molecular weight excluding hydrogens is 376 g/mol. The summed E-state index contributed by atoms with van der Waals surface area (Å²) in [5.41, 5.74) is 0.807. The van der Waals surface area contributed by atoms with Crippen molar-refractivity contribution >= 4 is 21.7 Å². The first-order valence-corrected chi connectivity index (χ1v) is 11.9. The van der Waals surface area contributed by atoms with E-state index >= 15 is 0 Å². The van der Waals surface area contributed by atoms with Gasteiger partial charge in [0.1, 0.15) is 6.04 Å². The van der Waals surface area contributed by atoms with Crippen LogP contribution in [0.3, 0.4) is 0 Å². The molecule has 1 saturated carbocycles. The van der Waals surface area contributed by atoms with Crippen molar-refractivity contribution in [1.82, 2.24) is 10.6 Å². The predicted molar refractivity (Wildman–Crippen MR) is 109 cm³/mol. The zero-order valence-electron chi connectivity index (χ0n) is 17.2. The molecule has 2 amide bonds. The van der Waals surface area contributed by atoms with Crippen LogP contribution in [0.15, 0.2) is 29.2 Å². The Morgan fingerprint density at radius 2 is 1.54 bits per heavy atom. The molecule has 156 valence electrons. The summed E-state index contributed by atoms with van der Waals surface area (Å²) in [6.45, 7) is 5.67. The van der Waals surface area contributed by atoms with Crippen LogP contribution in [0.25, 0.3) is 0 Å². The van der Waals surface area contributed by atoms with Crippen molar-refractivity contribution in [2.24, 2.45) is 11.8 Å². The van der Waals surface area contributed by atoms with Crippen molar-refractivity contribution in [2.75, 3.05) is 6.26 Å². The van der Waals surface area contributed by atoms with Crippen molar-refractivity contribution in [2.45, 2.75) is 69.9 Å². The van der Waals surface area contributed by atoms with Gasteiger partial charge in [0.2, 0.25) is 11.8 Å². The molecular formula is C21H32N2O4S. The fraction of sp³-hybridized carbons (Fsp3) is 0.619. The summed E-state index contributed by atoms with van der Waals surface area (Å²) in [6, 6.07) is 5.59. The maximum Gasteiger partial charge on any atom is 0.243 e. The average Bonchev–Trinajstić information content (AvgIpc) is 2.65. The summed E-state index contributed by atoms with van der Waals surface area (Å²) in [7, 11) is -3.25. The van der Waals surface area contributed by atoms with E-state index in [1.165, 1.54) is 18.6 Å². The van der Waals surface area contributed by atoms with Crippen molar-refractivity contribution in [1.29, 1.82) is 0 Å². The maximum atomic E-state index is 12.8. The summed E-state index contributed by atoms with van der Waals surface area (Å²) in [5.74, 6) is -0.284. The van der Waals surface area contributed by atoms with Gasteiger partial charge in [-0.15, -0.1) is 0 Å². The second kappa shape index (κ2) is 9.54. The van der Waals surface area contributed by atoms with Gasteiger partial charge in [0.25, 0.3) is 0 Å². The lowest BCUT2D eigenvalue weighted by atomic mass is 9.88. The molecule has 0 heterocycles.